The lowest BCUT2D eigenvalue weighted by molar-refractivity contribution is -0.141. The van der Waals surface area contributed by atoms with Crippen molar-refractivity contribution in [3.8, 4) is 0 Å². The van der Waals surface area contributed by atoms with Gasteiger partial charge in [0.15, 0.2) is 0 Å². The highest BCUT2D eigenvalue weighted by Crippen LogP contribution is 2.30. The lowest BCUT2D eigenvalue weighted by Gasteiger charge is -2.37. The topological polar surface area (TPSA) is 302 Å². The smallest absolute Gasteiger partial charge is 0.323 e. The van der Waals surface area contributed by atoms with Crippen molar-refractivity contribution < 1.29 is 38.7 Å². The van der Waals surface area contributed by atoms with Gasteiger partial charge in [-0.15, -0.1) is 0 Å². The van der Waals surface area contributed by atoms with Crippen molar-refractivity contribution in [1.29, 1.82) is 0 Å². The molecule has 468 valence electrons. The number of nitrogens with one attached hydrogen (secondary N) is 2. The minimum Gasteiger partial charge on any atom is -0.480 e. The van der Waals surface area contributed by atoms with Gasteiger partial charge in [0.25, 0.3) is 5.56 Å². The van der Waals surface area contributed by atoms with Crippen molar-refractivity contribution in [2.45, 2.75) is 153 Å². The molecule has 21 heteroatoms. The fraction of sp³-hybridized carbons (Fsp3) is 0.455. The number of aliphatic carboxylic acids is 1. The van der Waals surface area contributed by atoms with Gasteiger partial charge in [-0.05, 0) is 81.9 Å². The number of hydrogen-bond acceptors (Lipinski definition) is 12. The van der Waals surface area contributed by atoms with Crippen LogP contribution < -0.4 is 43.2 Å². The molecule has 9 N–H and O–H groups in total. The molecule has 5 aromatic rings. The van der Waals surface area contributed by atoms with Crippen LogP contribution in [0.4, 0.5) is 16.2 Å². The zero-order valence-corrected chi connectivity index (χ0v) is 50.5. The standard InChI is InChI=1S/C30H47N7O7.C18H20N2O2.C14H16N2.C4H7N/c31-24-19-34(17-14-22-10-12-25(28(32)42)37(22)29(24)43)30(44)33-15-8-6-4-2-1-3-5-7-9-16-35(21-38)23-11-13-26(39)36(18-23)20-27(40)41;19-16(21)12-7-13-17(22)20-18(14-8-3-1-4-9-14)15-10-5-2-6-11-15;1-4-8-16(9-5-1)14-11-15-10-12-6-2-3-7-13(12)14;1-3-5-4-2/h11,13,18,21-22,24-25H,1-10,12,14-17,19-20,31H2,(H2,32,42)(H,33,44)(H,40,41);1-6,8-11,18H,7,12-13H2,(H2,19,21)(H,20,22);2-3,6-7,10-11H,1,4-5,8-9H2;3-4H,1H2,2H3. The highest BCUT2D eigenvalue weighted by molar-refractivity contribution is 5.93. The number of carboxylic acid groups (broad SMARTS) is 1. The number of rotatable bonds is 26. The maximum absolute atomic E-state index is 12.9. The number of anilines is 2. The first-order valence-corrected chi connectivity index (χ1v) is 30.5. The number of pyridine rings is 2. The minimum absolute atomic E-state index is 0.0843. The Morgan fingerprint density at radius 3 is 2.00 bits per heavy atom. The predicted octanol–water partition coefficient (Wildman–Crippen LogP) is 7.99. The summed E-state index contributed by atoms with van der Waals surface area (Å²) in [6, 6.07) is 28.9. The van der Waals surface area contributed by atoms with Gasteiger partial charge < -0.3 is 57.1 Å². The monoisotopic (exact) mass is 1190 g/mol. The number of primary amides is 2. The molecule has 8 rings (SSSR count). The van der Waals surface area contributed by atoms with E-state index in [4.69, 9.17) is 22.3 Å². The summed E-state index contributed by atoms with van der Waals surface area (Å²) in [5, 5.41) is 17.5. The number of nitrogens with zero attached hydrogens (tertiary/aromatic N) is 7. The Morgan fingerprint density at radius 1 is 0.770 bits per heavy atom. The first kappa shape index (κ1) is 69.1. The van der Waals surface area contributed by atoms with Crippen LogP contribution in [0.15, 0.2) is 138 Å². The summed E-state index contributed by atoms with van der Waals surface area (Å²) >= 11 is 0. The van der Waals surface area contributed by atoms with Gasteiger partial charge in [-0.2, -0.15) is 0 Å². The van der Waals surface area contributed by atoms with Crippen molar-refractivity contribution in [3.05, 3.63) is 150 Å². The fourth-order valence-electron chi connectivity index (χ4n) is 10.9. The van der Waals surface area contributed by atoms with E-state index in [2.05, 4.69) is 56.4 Å². The van der Waals surface area contributed by atoms with E-state index in [1.165, 1.54) is 78.2 Å². The quantitative estimate of drug-likeness (QED) is 0.0174. The summed E-state index contributed by atoms with van der Waals surface area (Å²) in [5.41, 5.74) is 20.1. The molecule has 0 spiro atoms. The second kappa shape index (κ2) is 38.4. The minimum atomic E-state index is -1.12. The molecule has 3 unspecified atom stereocenters. The highest BCUT2D eigenvalue weighted by Gasteiger charge is 2.43. The molecule has 0 bridgehead atoms. The highest BCUT2D eigenvalue weighted by atomic mass is 16.4. The molecule has 7 amide bonds. The summed E-state index contributed by atoms with van der Waals surface area (Å²) < 4.78 is 1.07. The average Bonchev–Trinajstić information content (AvgIpc) is 3.03. The van der Waals surface area contributed by atoms with Crippen LogP contribution in [0.25, 0.3) is 10.8 Å². The summed E-state index contributed by atoms with van der Waals surface area (Å²) in [7, 11) is 0. The second-order valence-electron chi connectivity index (χ2n) is 21.9. The third kappa shape index (κ3) is 23.6. The molecule has 3 atom stereocenters. The average molecular weight is 1200 g/mol. The maximum atomic E-state index is 12.9. The van der Waals surface area contributed by atoms with Crippen molar-refractivity contribution in [2.75, 3.05) is 49.1 Å². The Kier molecular flexibility index (Phi) is 30.4. The Morgan fingerprint density at radius 2 is 1.40 bits per heavy atom. The molecule has 2 aromatic heterocycles. The summed E-state index contributed by atoms with van der Waals surface area (Å²) in [5.74, 6) is -2.42. The fourth-order valence-corrected chi connectivity index (χ4v) is 10.9. The molecule has 3 aliphatic heterocycles. The summed E-state index contributed by atoms with van der Waals surface area (Å²) in [4.78, 5) is 110. The summed E-state index contributed by atoms with van der Waals surface area (Å²) in [6.45, 7) is 8.72. The number of unbranched alkanes of at least 4 members (excludes halogenated alkanes) is 8. The van der Waals surface area contributed by atoms with Gasteiger partial charge in [-0.25, -0.2) is 4.79 Å². The number of piperidine rings is 1. The van der Waals surface area contributed by atoms with E-state index < -0.39 is 36.1 Å². The molecule has 0 saturated carbocycles. The number of urea groups is 1. The number of aromatic nitrogens is 2. The molecule has 21 nitrogen and oxygen atoms in total. The van der Waals surface area contributed by atoms with Crippen LogP contribution in [-0.2, 0) is 35.3 Å². The van der Waals surface area contributed by atoms with E-state index in [1.54, 1.807) is 16.0 Å². The second-order valence-corrected chi connectivity index (χ2v) is 21.9. The van der Waals surface area contributed by atoms with E-state index in [0.717, 1.165) is 73.5 Å². The molecular formula is C66H90N12O9. The lowest BCUT2D eigenvalue weighted by Crippen LogP contribution is -2.59. The molecule has 0 aliphatic carbocycles. The Labute approximate surface area is 511 Å². The zero-order valence-electron chi connectivity index (χ0n) is 50.5. The van der Waals surface area contributed by atoms with Crippen molar-refractivity contribution in [1.82, 2.24) is 30.0 Å². The van der Waals surface area contributed by atoms with Crippen LogP contribution in [0.2, 0.25) is 0 Å². The number of hydrogen-bond donors (Lipinski definition) is 6. The molecule has 3 aromatic carbocycles. The van der Waals surface area contributed by atoms with Gasteiger partial charge in [-0.1, -0.05) is 136 Å². The van der Waals surface area contributed by atoms with Crippen molar-refractivity contribution >= 4 is 70.4 Å². The lowest BCUT2D eigenvalue weighted by atomic mass is 9.98. The van der Waals surface area contributed by atoms with Crippen LogP contribution in [0, 0.1) is 0 Å². The van der Waals surface area contributed by atoms with E-state index >= 15 is 0 Å². The van der Waals surface area contributed by atoms with Gasteiger partial charge >= 0.3 is 12.0 Å². The van der Waals surface area contributed by atoms with Gasteiger partial charge in [0, 0.05) is 99.8 Å². The van der Waals surface area contributed by atoms with Crippen LogP contribution in [0.5, 0.6) is 0 Å². The number of carbonyl (C=O) groups excluding carboxylic acids is 6. The molecule has 87 heavy (non-hydrogen) atoms. The Bertz CT molecular complexity index is 3000. The number of nitrogens with two attached hydrogens (primary N) is 3. The first-order valence-electron chi connectivity index (χ1n) is 30.5. The largest absolute Gasteiger partial charge is 0.480 e. The van der Waals surface area contributed by atoms with Gasteiger partial charge in [0.1, 0.15) is 18.6 Å². The predicted molar refractivity (Wildman–Crippen MR) is 342 cm³/mol. The van der Waals surface area contributed by atoms with E-state index in [0.29, 0.717) is 63.8 Å². The number of carbonyl (C=O) groups is 7. The van der Waals surface area contributed by atoms with Gasteiger partial charge in [0.2, 0.25) is 30.0 Å². The molecule has 0 radical (unpaired) electrons. The van der Waals surface area contributed by atoms with E-state index in [9.17, 15) is 38.4 Å². The molecule has 5 heterocycles. The first-order chi connectivity index (χ1) is 42.1. The maximum Gasteiger partial charge on any atom is 0.323 e. The van der Waals surface area contributed by atoms with Crippen molar-refractivity contribution in [2.24, 2.45) is 22.2 Å². The van der Waals surface area contributed by atoms with Crippen molar-refractivity contribution in [3.63, 3.8) is 0 Å². The van der Waals surface area contributed by atoms with E-state index in [1.807, 2.05) is 80.0 Å². The van der Waals surface area contributed by atoms with Crippen LogP contribution >= 0.6 is 0 Å². The van der Waals surface area contributed by atoms with Crippen LogP contribution in [-0.4, -0.2) is 130 Å². The zero-order chi connectivity index (χ0) is 62.8. The SMILES string of the molecule is C=CN=CC.NC(=O)C1CCC2CCN(C(=O)NCCCCCCCCCCCN(C=O)c3ccc(=O)n(CC(=O)O)c3)CC(N)C(=O)N21.NC(=O)CCCC(=O)NC(c1ccccc1)c1ccccc1.c1ccc2c(N3CCCCC3)cncc2c1. The molecule has 3 aliphatic rings. The van der Waals surface area contributed by atoms with Crippen LogP contribution in [0.1, 0.15) is 140 Å². The Balaban J connectivity index is 0.000000262. The summed E-state index contributed by atoms with van der Waals surface area (Å²) in [6.07, 6.45) is 25.1. The number of aliphatic imine (C=N–C) groups is 1. The molecule has 3 saturated heterocycles. The number of fused-ring (bicyclic) bond motifs is 2. The number of amides is 7. The van der Waals surface area contributed by atoms with Gasteiger partial charge in [0.05, 0.1) is 23.6 Å². The number of carboxylic acids is 1. The molecular weight excluding hydrogens is 1100 g/mol. The van der Waals surface area contributed by atoms with E-state index in [-0.39, 0.29) is 48.8 Å². The van der Waals surface area contributed by atoms with Crippen LogP contribution in [0.3, 0.4) is 0 Å². The third-order valence-electron chi connectivity index (χ3n) is 15.4. The normalized spacial score (nSPS) is 16.3. The molecule has 3 fully saturated rings. The third-order valence-corrected chi connectivity index (χ3v) is 15.4. The Hall–Kier alpha value is -8.72. The van der Waals surface area contributed by atoms with Gasteiger partial charge in [-0.3, -0.25) is 43.5 Å². The number of benzene rings is 3.